The number of rotatable bonds is 5. The minimum Gasteiger partial charge on any atom is -0.389 e. The van der Waals surface area contributed by atoms with Gasteiger partial charge in [-0.05, 0) is 38.8 Å². The molecule has 0 amide bonds. The number of alkyl halides is 3. The molecule has 0 aromatic rings. The van der Waals surface area contributed by atoms with Crippen molar-refractivity contribution >= 4 is 0 Å². The first-order valence-electron chi connectivity index (χ1n) is 8.11. The van der Waals surface area contributed by atoms with Crippen LogP contribution in [-0.4, -0.2) is 54.0 Å². The van der Waals surface area contributed by atoms with Crippen LogP contribution in [0.3, 0.4) is 0 Å². The second-order valence-electron chi connectivity index (χ2n) is 6.65. The highest BCUT2D eigenvalue weighted by Crippen LogP contribution is 2.28. The van der Waals surface area contributed by atoms with Gasteiger partial charge in [0, 0.05) is 19.1 Å². The first-order valence-corrected chi connectivity index (χ1v) is 8.11. The molecule has 0 atom stereocenters. The van der Waals surface area contributed by atoms with Gasteiger partial charge in [-0.3, -0.25) is 0 Å². The Labute approximate surface area is 124 Å². The Balaban J connectivity index is 1.62. The van der Waals surface area contributed by atoms with Gasteiger partial charge in [-0.15, -0.1) is 0 Å². The van der Waals surface area contributed by atoms with Crippen LogP contribution >= 0.6 is 0 Å². The summed E-state index contributed by atoms with van der Waals surface area (Å²) in [5, 5.41) is 13.9. The molecule has 1 heterocycles. The van der Waals surface area contributed by atoms with Crippen LogP contribution in [0.25, 0.3) is 0 Å². The van der Waals surface area contributed by atoms with Gasteiger partial charge in [-0.25, -0.2) is 0 Å². The van der Waals surface area contributed by atoms with E-state index >= 15 is 0 Å². The average Bonchev–Trinajstić information content (AvgIpc) is 2.44. The highest BCUT2D eigenvalue weighted by atomic mass is 19.4. The van der Waals surface area contributed by atoms with Crippen LogP contribution in [0.1, 0.15) is 51.4 Å². The fraction of sp³-hybridized carbons (Fsp3) is 1.00. The molecule has 0 unspecified atom stereocenters. The van der Waals surface area contributed by atoms with Gasteiger partial charge in [0.25, 0.3) is 0 Å². The van der Waals surface area contributed by atoms with Crippen LogP contribution in [0.15, 0.2) is 0 Å². The highest BCUT2D eigenvalue weighted by molar-refractivity contribution is 4.87. The second kappa shape index (κ2) is 7.29. The summed E-state index contributed by atoms with van der Waals surface area (Å²) in [5.74, 6) is 0. The number of piperidine rings is 1. The zero-order valence-electron chi connectivity index (χ0n) is 12.6. The van der Waals surface area contributed by atoms with Crippen molar-refractivity contribution in [2.75, 3.05) is 26.2 Å². The molecule has 0 spiro atoms. The van der Waals surface area contributed by atoms with Crippen molar-refractivity contribution in [3.8, 4) is 0 Å². The van der Waals surface area contributed by atoms with Crippen LogP contribution in [0.2, 0.25) is 0 Å². The fourth-order valence-electron chi connectivity index (χ4n) is 3.37. The molecule has 21 heavy (non-hydrogen) atoms. The predicted molar refractivity (Wildman–Crippen MR) is 76.2 cm³/mol. The van der Waals surface area contributed by atoms with E-state index in [2.05, 4.69) is 5.32 Å². The third-order valence-corrected chi connectivity index (χ3v) is 4.80. The standard InChI is InChI=1S/C15H27F3N2O/c16-15(17,18)8-11-20-9-4-13(5-10-20)19-12-14(21)6-2-1-3-7-14/h13,19,21H,1-12H2. The van der Waals surface area contributed by atoms with Gasteiger partial charge in [-0.1, -0.05) is 19.3 Å². The lowest BCUT2D eigenvalue weighted by Crippen LogP contribution is -2.49. The number of nitrogens with zero attached hydrogens (tertiary/aromatic N) is 1. The molecule has 2 fully saturated rings. The van der Waals surface area contributed by atoms with E-state index in [0.717, 1.165) is 38.5 Å². The second-order valence-corrected chi connectivity index (χ2v) is 6.65. The van der Waals surface area contributed by atoms with Gasteiger partial charge < -0.3 is 15.3 Å². The van der Waals surface area contributed by atoms with E-state index < -0.39 is 18.2 Å². The molecule has 0 radical (unpaired) electrons. The summed E-state index contributed by atoms with van der Waals surface area (Å²) in [4.78, 5) is 1.89. The Morgan fingerprint density at radius 3 is 2.29 bits per heavy atom. The lowest BCUT2D eigenvalue weighted by Gasteiger charge is -2.37. The van der Waals surface area contributed by atoms with Crippen molar-refractivity contribution in [2.24, 2.45) is 0 Å². The zero-order chi connectivity index (χ0) is 15.3. The van der Waals surface area contributed by atoms with E-state index in [9.17, 15) is 18.3 Å². The van der Waals surface area contributed by atoms with E-state index in [1.165, 1.54) is 6.42 Å². The van der Waals surface area contributed by atoms with Gasteiger partial charge >= 0.3 is 6.18 Å². The topological polar surface area (TPSA) is 35.5 Å². The SMILES string of the molecule is OC1(CNC2CCN(CCC(F)(F)F)CC2)CCCCC1. The summed E-state index contributed by atoms with van der Waals surface area (Å²) >= 11 is 0. The minimum atomic E-state index is -4.06. The van der Waals surface area contributed by atoms with Crippen LogP contribution in [0, 0.1) is 0 Å². The molecule has 1 saturated carbocycles. The lowest BCUT2D eigenvalue weighted by atomic mass is 9.84. The Morgan fingerprint density at radius 1 is 1.10 bits per heavy atom. The van der Waals surface area contributed by atoms with Gasteiger partial charge in [-0.2, -0.15) is 13.2 Å². The highest BCUT2D eigenvalue weighted by Gasteiger charge is 2.31. The molecule has 0 aromatic heterocycles. The van der Waals surface area contributed by atoms with Crippen LogP contribution < -0.4 is 5.32 Å². The van der Waals surface area contributed by atoms with E-state index in [-0.39, 0.29) is 6.54 Å². The summed E-state index contributed by atoms with van der Waals surface area (Å²) in [7, 11) is 0. The molecule has 2 N–H and O–H groups in total. The molecule has 2 aliphatic rings. The van der Waals surface area contributed by atoms with Gasteiger partial charge in [0.1, 0.15) is 0 Å². The average molecular weight is 308 g/mol. The molecule has 0 bridgehead atoms. The Bertz CT molecular complexity index is 309. The van der Waals surface area contributed by atoms with Crippen LogP contribution in [0.5, 0.6) is 0 Å². The monoisotopic (exact) mass is 308 g/mol. The summed E-state index contributed by atoms with van der Waals surface area (Å²) in [6, 6.07) is 0.332. The number of halogens is 3. The third-order valence-electron chi connectivity index (χ3n) is 4.80. The lowest BCUT2D eigenvalue weighted by molar-refractivity contribution is -0.138. The molecule has 6 heteroatoms. The fourth-order valence-corrected chi connectivity index (χ4v) is 3.37. The van der Waals surface area contributed by atoms with Crippen molar-refractivity contribution in [3.05, 3.63) is 0 Å². The van der Waals surface area contributed by atoms with Gasteiger partial charge in [0.2, 0.25) is 0 Å². The largest absolute Gasteiger partial charge is 0.390 e. The van der Waals surface area contributed by atoms with E-state index in [1.807, 2.05) is 4.90 Å². The van der Waals surface area contributed by atoms with E-state index in [4.69, 9.17) is 0 Å². The maximum absolute atomic E-state index is 12.2. The molecule has 2 rings (SSSR count). The number of hydrogen-bond acceptors (Lipinski definition) is 3. The maximum atomic E-state index is 12.2. The first kappa shape index (κ1) is 17.0. The van der Waals surface area contributed by atoms with Crippen molar-refractivity contribution in [3.63, 3.8) is 0 Å². The van der Waals surface area contributed by atoms with E-state index in [1.54, 1.807) is 0 Å². The third kappa shape index (κ3) is 6.12. The summed E-state index contributed by atoms with van der Waals surface area (Å²) in [6.45, 7) is 2.17. The number of nitrogens with one attached hydrogen (secondary N) is 1. The number of hydrogen-bond donors (Lipinski definition) is 2. The van der Waals surface area contributed by atoms with Crippen LogP contribution in [0.4, 0.5) is 13.2 Å². The first-order chi connectivity index (χ1) is 9.86. The molecular formula is C15H27F3N2O. The van der Waals surface area contributed by atoms with Crippen molar-refractivity contribution in [1.82, 2.24) is 10.2 Å². The molecule has 1 saturated heterocycles. The quantitative estimate of drug-likeness (QED) is 0.820. The molecular weight excluding hydrogens is 281 g/mol. The smallest absolute Gasteiger partial charge is 0.389 e. The molecule has 1 aliphatic carbocycles. The predicted octanol–water partition coefficient (Wildman–Crippen LogP) is 2.69. The molecule has 1 aliphatic heterocycles. The molecule has 124 valence electrons. The minimum absolute atomic E-state index is 0.111. The Kier molecular flexibility index (Phi) is 5.91. The number of likely N-dealkylation sites (tertiary alicyclic amines) is 1. The molecule has 3 nitrogen and oxygen atoms in total. The summed E-state index contributed by atoms with van der Waals surface area (Å²) in [5.41, 5.74) is -0.564. The van der Waals surface area contributed by atoms with Crippen molar-refractivity contribution < 1.29 is 18.3 Å². The molecule has 0 aromatic carbocycles. The normalized spacial score (nSPS) is 25.1. The van der Waals surface area contributed by atoms with Gasteiger partial charge in [0.05, 0.1) is 12.0 Å². The number of aliphatic hydroxyl groups is 1. The Morgan fingerprint density at radius 2 is 1.71 bits per heavy atom. The van der Waals surface area contributed by atoms with Gasteiger partial charge in [0.15, 0.2) is 0 Å². The maximum Gasteiger partial charge on any atom is 0.390 e. The van der Waals surface area contributed by atoms with Crippen LogP contribution in [-0.2, 0) is 0 Å². The van der Waals surface area contributed by atoms with E-state index in [0.29, 0.717) is 25.7 Å². The van der Waals surface area contributed by atoms with Crippen molar-refractivity contribution in [1.29, 1.82) is 0 Å². The Hall–Kier alpha value is -0.330. The summed E-state index contributed by atoms with van der Waals surface area (Å²) in [6.07, 6.45) is 2.09. The summed E-state index contributed by atoms with van der Waals surface area (Å²) < 4.78 is 36.6. The van der Waals surface area contributed by atoms with Crippen molar-refractivity contribution in [2.45, 2.75) is 69.2 Å². The zero-order valence-corrected chi connectivity index (χ0v) is 12.6.